The van der Waals surface area contributed by atoms with Crippen molar-refractivity contribution in [2.24, 2.45) is 0 Å². The Hall–Kier alpha value is -2.66. The number of rotatable bonds is 4. The fourth-order valence-electron chi connectivity index (χ4n) is 2.20. The predicted octanol–water partition coefficient (Wildman–Crippen LogP) is 2.87. The first-order valence-electron chi connectivity index (χ1n) is 6.56. The zero-order chi connectivity index (χ0) is 14.7. The summed E-state index contributed by atoms with van der Waals surface area (Å²) in [7, 11) is 1.58. The zero-order valence-corrected chi connectivity index (χ0v) is 11.6. The highest BCUT2D eigenvalue weighted by molar-refractivity contribution is 5.92. The third kappa shape index (κ3) is 2.64. The Morgan fingerprint density at radius 3 is 2.67 bits per heavy atom. The highest BCUT2D eigenvalue weighted by Crippen LogP contribution is 2.29. The number of nitrogens with one attached hydrogen (secondary N) is 1. The number of hydrogen-bond donors (Lipinski definition) is 2. The molecule has 1 aromatic heterocycles. The van der Waals surface area contributed by atoms with Gasteiger partial charge in [-0.2, -0.15) is 0 Å². The first-order valence-corrected chi connectivity index (χ1v) is 6.56. The summed E-state index contributed by atoms with van der Waals surface area (Å²) in [5.74, 6) is 1.32. The second-order valence-electron chi connectivity index (χ2n) is 4.55. The van der Waals surface area contributed by atoms with E-state index in [4.69, 9.17) is 4.74 Å². The van der Waals surface area contributed by atoms with Crippen molar-refractivity contribution in [1.29, 1.82) is 0 Å². The van der Waals surface area contributed by atoms with Gasteiger partial charge in [0.25, 0.3) is 0 Å². The molecule has 0 aliphatic heterocycles. The van der Waals surface area contributed by atoms with Crippen LogP contribution in [0, 0.1) is 0 Å². The number of aromatic nitrogens is 2. The molecule has 0 atom stereocenters. The van der Waals surface area contributed by atoms with E-state index in [1.807, 2.05) is 42.5 Å². The smallest absolute Gasteiger partial charge is 0.141 e. The van der Waals surface area contributed by atoms with Crippen LogP contribution in [0.1, 0.15) is 5.56 Å². The summed E-state index contributed by atoms with van der Waals surface area (Å²) >= 11 is 0. The molecule has 106 valence electrons. The van der Waals surface area contributed by atoms with Gasteiger partial charge < -0.3 is 15.2 Å². The van der Waals surface area contributed by atoms with Crippen LogP contribution >= 0.6 is 0 Å². The van der Waals surface area contributed by atoms with Crippen molar-refractivity contribution in [3.8, 4) is 5.75 Å². The quantitative estimate of drug-likeness (QED) is 0.769. The SMILES string of the molecule is COc1cc2c(Nc3ccccc3)ncnc2cc1CO. The van der Waals surface area contributed by atoms with E-state index in [0.29, 0.717) is 17.1 Å². The normalized spacial score (nSPS) is 10.6. The van der Waals surface area contributed by atoms with Crippen molar-refractivity contribution in [2.45, 2.75) is 6.61 Å². The standard InChI is InChI=1S/C16H15N3O2/c1-21-15-8-13-14(7-11(15)9-20)17-10-18-16(13)19-12-5-3-2-4-6-12/h2-8,10,20H,9H2,1H3,(H,17,18,19). The Balaban J connectivity index is 2.10. The van der Waals surface area contributed by atoms with Crippen molar-refractivity contribution in [3.05, 3.63) is 54.4 Å². The summed E-state index contributed by atoms with van der Waals surface area (Å²) in [6.45, 7) is -0.0927. The van der Waals surface area contributed by atoms with E-state index in [0.717, 1.165) is 16.6 Å². The molecular formula is C16H15N3O2. The average molecular weight is 281 g/mol. The fourth-order valence-corrected chi connectivity index (χ4v) is 2.20. The molecule has 0 bridgehead atoms. The molecule has 0 aliphatic carbocycles. The van der Waals surface area contributed by atoms with E-state index in [9.17, 15) is 5.11 Å². The Morgan fingerprint density at radius 2 is 1.95 bits per heavy atom. The number of benzene rings is 2. The third-order valence-corrected chi connectivity index (χ3v) is 3.24. The highest BCUT2D eigenvalue weighted by atomic mass is 16.5. The largest absolute Gasteiger partial charge is 0.496 e. The monoisotopic (exact) mass is 281 g/mol. The Labute approximate surface area is 122 Å². The van der Waals surface area contributed by atoms with Gasteiger partial charge in [-0.25, -0.2) is 9.97 Å². The van der Waals surface area contributed by atoms with Gasteiger partial charge in [-0.1, -0.05) is 18.2 Å². The van der Waals surface area contributed by atoms with Crippen LogP contribution in [0.25, 0.3) is 10.9 Å². The number of methoxy groups -OCH3 is 1. The minimum absolute atomic E-state index is 0.0927. The summed E-state index contributed by atoms with van der Waals surface area (Å²) in [5, 5.41) is 13.5. The van der Waals surface area contributed by atoms with E-state index in [1.165, 1.54) is 6.33 Å². The van der Waals surface area contributed by atoms with Gasteiger partial charge in [0.2, 0.25) is 0 Å². The van der Waals surface area contributed by atoms with Crippen molar-refractivity contribution in [1.82, 2.24) is 9.97 Å². The average Bonchev–Trinajstić information content (AvgIpc) is 2.55. The molecule has 0 saturated carbocycles. The van der Waals surface area contributed by atoms with Crippen molar-refractivity contribution >= 4 is 22.4 Å². The second-order valence-corrected chi connectivity index (χ2v) is 4.55. The summed E-state index contributed by atoms with van der Waals surface area (Å²) < 4.78 is 5.31. The maximum atomic E-state index is 9.37. The number of aliphatic hydroxyl groups is 1. The number of ether oxygens (including phenoxy) is 1. The van der Waals surface area contributed by atoms with Gasteiger partial charge in [-0.15, -0.1) is 0 Å². The molecule has 0 spiro atoms. The van der Waals surface area contributed by atoms with Crippen LogP contribution in [0.4, 0.5) is 11.5 Å². The summed E-state index contributed by atoms with van der Waals surface area (Å²) in [4.78, 5) is 8.54. The van der Waals surface area contributed by atoms with Crippen LogP contribution in [0.3, 0.4) is 0 Å². The van der Waals surface area contributed by atoms with Gasteiger partial charge in [0.1, 0.15) is 17.9 Å². The van der Waals surface area contributed by atoms with Gasteiger partial charge in [0, 0.05) is 16.6 Å². The van der Waals surface area contributed by atoms with E-state index >= 15 is 0 Å². The van der Waals surface area contributed by atoms with Crippen molar-refractivity contribution in [2.75, 3.05) is 12.4 Å². The van der Waals surface area contributed by atoms with Crippen LogP contribution < -0.4 is 10.1 Å². The van der Waals surface area contributed by atoms with Crippen LogP contribution in [-0.2, 0) is 6.61 Å². The van der Waals surface area contributed by atoms with Gasteiger partial charge in [0.05, 0.1) is 19.2 Å². The molecular weight excluding hydrogens is 266 g/mol. The van der Waals surface area contributed by atoms with E-state index < -0.39 is 0 Å². The molecule has 5 nitrogen and oxygen atoms in total. The van der Waals surface area contributed by atoms with Crippen LogP contribution in [0.15, 0.2) is 48.8 Å². The lowest BCUT2D eigenvalue weighted by molar-refractivity contribution is 0.274. The molecule has 21 heavy (non-hydrogen) atoms. The molecule has 0 radical (unpaired) electrons. The molecule has 0 saturated heterocycles. The lowest BCUT2D eigenvalue weighted by atomic mass is 10.1. The van der Waals surface area contributed by atoms with Gasteiger partial charge in [-0.05, 0) is 24.3 Å². The molecule has 2 aromatic carbocycles. The molecule has 5 heteroatoms. The Kier molecular flexibility index (Phi) is 3.66. The van der Waals surface area contributed by atoms with Gasteiger partial charge in [0.15, 0.2) is 0 Å². The van der Waals surface area contributed by atoms with E-state index in [1.54, 1.807) is 7.11 Å². The molecule has 0 fully saturated rings. The molecule has 2 N–H and O–H groups in total. The van der Waals surface area contributed by atoms with Crippen LogP contribution in [0.2, 0.25) is 0 Å². The number of nitrogens with zero attached hydrogens (tertiary/aromatic N) is 2. The van der Waals surface area contributed by atoms with Gasteiger partial charge in [-0.3, -0.25) is 0 Å². The van der Waals surface area contributed by atoms with Crippen molar-refractivity contribution in [3.63, 3.8) is 0 Å². The molecule has 1 heterocycles. The van der Waals surface area contributed by atoms with E-state index in [-0.39, 0.29) is 6.61 Å². The maximum absolute atomic E-state index is 9.37. The minimum Gasteiger partial charge on any atom is -0.496 e. The molecule has 3 rings (SSSR count). The number of fused-ring (bicyclic) bond motifs is 1. The predicted molar refractivity (Wildman–Crippen MR) is 81.7 cm³/mol. The fraction of sp³-hybridized carbons (Fsp3) is 0.125. The van der Waals surface area contributed by atoms with Gasteiger partial charge >= 0.3 is 0 Å². The highest BCUT2D eigenvalue weighted by Gasteiger charge is 2.10. The van der Waals surface area contributed by atoms with Crippen LogP contribution in [-0.4, -0.2) is 22.2 Å². The molecule has 3 aromatic rings. The number of para-hydroxylation sites is 1. The van der Waals surface area contributed by atoms with E-state index in [2.05, 4.69) is 15.3 Å². The first kappa shape index (κ1) is 13.3. The summed E-state index contributed by atoms with van der Waals surface area (Å²) in [6.07, 6.45) is 1.50. The lowest BCUT2D eigenvalue weighted by Gasteiger charge is -2.11. The molecule has 0 unspecified atom stereocenters. The number of hydrogen-bond acceptors (Lipinski definition) is 5. The second kappa shape index (κ2) is 5.76. The topological polar surface area (TPSA) is 67.3 Å². The van der Waals surface area contributed by atoms with Crippen molar-refractivity contribution < 1.29 is 9.84 Å². The summed E-state index contributed by atoms with van der Waals surface area (Å²) in [5.41, 5.74) is 2.41. The van der Waals surface area contributed by atoms with Crippen LogP contribution in [0.5, 0.6) is 5.75 Å². The lowest BCUT2D eigenvalue weighted by Crippen LogP contribution is -1.98. The molecule has 0 amide bonds. The first-order chi connectivity index (χ1) is 10.3. The Bertz CT molecular complexity index is 760. The molecule has 0 aliphatic rings. The minimum atomic E-state index is -0.0927. The third-order valence-electron chi connectivity index (χ3n) is 3.24. The number of anilines is 2. The Morgan fingerprint density at radius 1 is 1.14 bits per heavy atom. The maximum Gasteiger partial charge on any atom is 0.141 e. The zero-order valence-electron chi connectivity index (χ0n) is 11.6. The summed E-state index contributed by atoms with van der Waals surface area (Å²) in [6, 6.07) is 13.4. The number of aliphatic hydroxyl groups excluding tert-OH is 1.